The van der Waals surface area contributed by atoms with Crippen molar-refractivity contribution in [3.05, 3.63) is 39.3 Å². The van der Waals surface area contributed by atoms with Crippen LogP contribution in [-0.2, 0) is 17.6 Å². The van der Waals surface area contributed by atoms with Gasteiger partial charge in [0.05, 0.1) is 5.69 Å². The lowest BCUT2D eigenvalue weighted by atomic mass is 10.3. The number of nitrogens with one attached hydrogen (secondary N) is 1. The number of halogens is 1. The summed E-state index contributed by atoms with van der Waals surface area (Å²) in [7, 11) is 0. The fourth-order valence-corrected chi connectivity index (χ4v) is 3.41. The second-order valence-corrected chi connectivity index (χ2v) is 6.53. The molecule has 104 valence electrons. The first-order valence-electron chi connectivity index (χ1n) is 6.37. The molecule has 1 heterocycles. The number of rotatable bonds is 4. The normalized spacial score (nSPS) is 13.1. The molecule has 4 nitrogen and oxygen atoms in total. The molecule has 0 saturated carbocycles. The van der Waals surface area contributed by atoms with Gasteiger partial charge in [-0.3, -0.25) is 10.1 Å². The second-order valence-electron chi connectivity index (χ2n) is 4.53. The highest BCUT2D eigenvalue weighted by Gasteiger charge is 2.17. The molecule has 20 heavy (non-hydrogen) atoms. The number of carbonyl (C=O) groups excluding carboxylic acids is 1. The molecule has 1 amide bonds. The minimum atomic E-state index is -0.180. The smallest absolute Gasteiger partial charge is 0.264 e. The molecule has 1 aromatic heterocycles. The van der Waals surface area contributed by atoms with E-state index in [1.165, 1.54) is 11.3 Å². The van der Waals surface area contributed by atoms with Gasteiger partial charge in [-0.1, -0.05) is 15.9 Å². The maximum absolute atomic E-state index is 11.8. The highest BCUT2D eigenvalue weighted by molar-refractivity contribution is 9.10. The van der Waals surface area contributed by atoms with Gasteiger partial charge >= 0.3 is 0 Å². The first-order valence-corrected chi connectivity index (χ1v) is 7.98. The van der Waals surface area contributed by atoms with Crippen LogP contribution in [-0.4, -0.2) is 17.5 Å². The number of anilines is 1. The Hall–Kier alpha value is -1.40. The summed E-state index contributed by atoms with van der Waals surface area (Å²) in [5.74, 6) is 0.491. The molecule has 0 saturated heterocycles. The SMILES string of the molecule is O=C(COc1ccc(Br)cc1)Nc1nc2c(s1)CCC2. The summed E-state index contributed by atoms with van der Waals surface area (Å²) in [6.07, 6.45) is 3.28. The molecule has 0 aliphatic heterocycles. The number of carbonyl (C=O) groups is 1. The zero-order valence-corrected chi connectivity index (χ0v) is 13.1. The number of benzene rings is 1. The molecule has 1 aliphatic carbocycles. The molecule has 2 aromatic rings. The number of aryl methyl sites for hydroxylation is 2. The average Bonchev–Trinajstić information content (AvgIpc) is 2.99. The molecule has 0 spiro atoms. The molecule has 0 unspecified atom stereocenters. The first-order chi connectivity index (χ1) is 9.70. The van der Waals surface area contributed by atoms with Crippen LogP contribution < -0.4 is 10.1 Å². The number of aromatic nitrogens is 1. The third-order valence-corrected chi connectivity index (χ3v) is 4.63. The quantitative estimate of drug-likeness (QED) is 0.917. The van der Waals surface area contributed by atoms with Crippen LogP contribution in [0.4, 0.5) is 5.13 Å². The lowest BCUT2D eigenvalue weighted by molar-refractivity contribution is -0.118. The van der Waals surface area contributed by atoms with Gasteiger partial charge in [0.2, 0.25) is 0 Å². The Balaban J connectivity index is 1.53. The summed E-state index contributed by atoms with van der Waals surface area (Å²) in [5, 5.41) is 3.47. The van der Waals surface area contributed by atoms with E-state index in [0.717, 1.165) is 23.0 Å². The van der Waals surface area contributed by atoms with E-state index in [1.54, 1.807) is 11.3 Å². The summed E-state index contributed by atoms with van der Waals surface area (Å²) in [4.78, 5) is 17.5. The summed E-state index contributed by atoms with van der Waals surface area (Å²) < 4.78 is 6.39. The van der Waals surface area contributed by atoms with Gasteiger partial charge in [0.15, 0.2) is 11.7 Å². The van der Waals surface area contributed by atoms with E-state index >= 15 is 0 Å². The van der Waals surface area contributed by atoms with Crippen LogP contribution in [0.2, 0.25) is 0 Å². The van der Waals surface area contributed by atoms with Crippen molar-refractivity contribution < 1.29 is 9.53 Å². The monoisotopic (exact) mass is 352 g/mol. The fourth-order valence-electron chi connectivity index (χ4n) is 2.08. The number of thiazole rings is 1. The van der Waals surface area contributed by atoms with Crippen molar-refractivity contribution in [1.82, 2.24) is 4.98 Å². The Morgan fingerprint density at radius 2 is 2.15 bits per heavy atom. The minimum Gasteiger partial charge on any atom is -0.484 e. The van der Waals surface area contributed by atoms with Gasteiger partial charge < -0.3 is 4.74 Å². The van der Waals surface area contributed by atoms with Crippen molar-refractivity contribution in [3.63, 3.8) is 0 Å². The Morgan fingerprint density at radius 3 is 2.90 bits per heavy atom. The lowest BCUT2D eigenvalue weighted by Gasteiger charge is -2.05. The molecule has 0 radical (unpaired) electrons. The number of hydrogen-bond acceptors (Lipinski definition) is 4. The first kappa shape index (κ1) is 13.6. The van der Waals surface area contributed by atoms with Gasteiger partial charge in [-0.25, -0.2) is 4.98 Å². The Kier molecular flexibility index (Phi) is 4.03. The van der Waals surface area contributed by atoms with Crippen LogP contribution in [0.1, 0.15) is 17.0 Å². The van der Waals surface area contributed by atoms with E-state index in [2.05, 4.69) is 26.2 Å². The highest BCUT2D eigenvalue weighted by Crippen LogP contribution is 2.30. The molecule has 0 bridgehead atoms. The predicted octanol–water partition coefficient (Wildman–Crippen LogP) is 3.41. The van der Waals surface area contributed by atoms with Crippen molar-refractivity contribution in [2.45, 2.75) is 19.3 Å². The average molecular weight is 353 g/mol. The number of hydrogen-bond donors (Lipinski definition) is 1. The van der Waals surface area contributed by atoms with Crippen LogP contribution in [0, 0.1) is 0 Å². The molecule has 3 rings (SSSR count). The zero-order valence-electron chi connectivity index (χ0n) is 10.7. The van der Waals surface area contributed by atoms with E-state index in [0.29, 0.717) is 10.9 Å². The van der Waals surface area contributed by atoms with Crippen LogP contribution in [0.25, 0.3) is 0 Å². The molecule has 1 aliphatic rings. The lowest BCUT2D eigenvalue weighted by Crippen LogP contribution is -2.20. The van der Waals surface area contributed by atoms with Gasteiger partial charge in [-0.15, -0.1) is 11.3 Å². The summed E-state index contributed by atoms with van der Waals surface area (Å²) >= 11 is 4.92. The molecule has 0 atom stereocenters. The molecule has 1 aromatic carbocycles. The Bertz CT molecular complexity index is 603. The van der Waals surface area contributed by atoms with E-state index in [9.17, 15) is 4.79 Å². The Morgan fingerprint density at radius 1 is 1.35 bits per heavy atom. The summed E-state index contributed by atoms with van der Waals surface area (Å²) in [6.45, 7) is -0.00806. The maximum Gasteiger partial charge on any atom is 0.264 e. The van der Waals surface area contributed by atoms with Crippen molar-refractivity contribution >= 4 is 38.3 Å². The van der Waals surface area contributed by atoms with Crippen molar-refractivity contribution in [2.24, 2.45) is 0 Å². The predicted molar refractivity (Wildman–Crippen MR) is 82.4 cm³/mol. The fraction of sp³-hybridized carbons (Fsp3) is 0.286. The van der Waals surface area contributed by atoms with Gasteiger partial charge in [0.25, 0.3) is 5.91 Å². The third kappa shape index (κ3) is 3.19. The highest BCUT2D eigenvalue weighted by atomic mass is 79.9. The van der Waals surface area contributed by atoms with E-state index in [1.807, 2.05) is 24.3 Å². The van der Waals surface area contributed by atoms with Crippen molar-refractivity contribution in [2.75, 3.05) is 11.9 Å². The molecular weight excluding hydrogens is 340 g/mol. The molecule has 0 fully saturated rings. The number of fused-ring (bicyclic) bond motifs is 1. The topological polar surface area (TPSA) is 51.2 Å². The van der Waals surface area contributed by atoms with Gasteiger partial charge in [-0.05, 0) is 43.5 Å². The van der Waals surface area contributed by atoms with E-state index in [-0.39, 0.29) is 12.5 Å². The van der Waals surface area contributed by atoms with Crippen LogP contribution in [0.3, 0.4) is 0 Å². The van der Waals surface area contributed by atoms with Crippen LogP contribution in [0.5, 0.6) is 5.75 Å². The third-order valence-electron chi connectivity index (χ3n) is 3.03. The van der Waals surface area contributed by atoms with Gasteiger partial charge in [-0.2, -0.15) is 0 Å². The van der Waals surface area contributed by atoms with Crippen LogP contribution >= 0.6 is 27.3 Å². The van der Waals surface area contributed by atoms with E-state index < -0.39 is 0 Å². The van der Waals surface area contributed by atoms with Crippen LogP contribution in [0.15, 0.2) is 28.7 Å². The molecular formula is C14H13BrN2O2S. The molecule has 1 N–H and O–H groups in total. The van der Waals surface area contributed by atoms with Crippen molar-refractivity contribution in [1.29, 1.82) is 0 Å². The number of ether oxygens (including phenoxy) is 1. The largest absolute Gasteiger partial charge is 0.484 e. The number of nitrogens with zero attached hydrogens (tertiary/aromatic N) is 1. The van der Waals surface area contributed by atoms with Crippen molar-refractivity contribution in [3.8, 4) is 5.75 Å². The Labute approximate surface area is 129 Å². The van der Waals surface area contributed by atoms with Gasteiger partial charge in [0, 0.05) is 9.35 Å². The minimum absolute atomic E-state index is 0.00806. The van der Waals surface area contributed by atoms with E-state index in [4.69, 9.17) is 4.74 Å². The van der Waals surface area contributed by atoms with Gasteiger partial charge in [0.1, 0.15) is 5.75 Å². The summed E-state index contributed by atoms with van der Waals surface area (Å²) in [5.41, 5.74) is 1.14. The maximum atomic E-state index is 11.8. The number of amides is 1. The zero-order chi connectivity index (χ0) is 13.9. The molecule has 6 heteroatoms. The standard InChI is InChI=1S/C14H13BrN2O2S/c15-9-4-6-10(7-5-9)19-8-13(18)17-14-16-11-2-1-3-12(11)20-14/h4-7H,1-3,8H2,(H,16,17,18). The second kappa shape index (κ2) is 5.93. The summed E-state index contributed by atoms with van der Waals surface area (Å²) in [6, 6.07) is 7.38.